The number of aromatic nitrogens is 5. The first-order chi connectivity index (χ1) is 13.4. The molecule has 7 nitrogen and oxygen atoms in total. The normalized spacial score (nSPS) is 11.7. The number of hydrogen-bond acceptors (Lipinski definition) is 4. The van der Waals surface area contributed by atoms with E-state index < -0.39 is 17.6 Å². The zero-order valence-electron chi connectivity index (χ0n) is 14.3. The van der Waals surface area contributed by atoms with Gasteiger partial charge in [0.1, 0.15) is 0 Å². The number of carbonyl (C=O) groups is 1. The van der Waals surface area contributed by atoms with E-state index in [1.165, 1.54) is 16.7 Å². The fraction of sp³-hybridized carbons (Fsp3) is 0.111. The highest BCUT2D eigenvalue weighted by atomic mass is 19.4. The molecule has 1 aromatic carbocycles. The first-order valence-corrected chi connectivity index (χ1v) is 8.21. The number of fused-ring (bicyclic) bond motifs is 1. The van der Waals surface area contributed by atoms with Crippen molar-refractivity contribution in [2.24, 2.45) is 0 Å². The summed E-state index contributed by atoms with van der Waals surface area (Å²) in [7, 11) is 0. The number of halogens is 3. The molecule has 0 radical (unpaired) electrons. The number of carbonyl (C=O) groups excluding carboxylic acids is 1. The lowest BCUT2D eigenvalue weighted by molar-refractivity contribution is -0.137. The summed E-state index contributed by atoms with van der Waals surface area (Å²) in [5.41, 5.74) is 0.545. The van der Waals surface area contributed by atoms with Gasteiger partial charge < -0.3 is 5.32 Å². The fourth-order valence-corrected chi connectivity index (χ4v) is 2.65. The topological polar surface area (TPSA) is 77.1 Å². The van der Waals surface area contributed by atoms with Gasteiger partial charge in [-0.25, -0.2) is 4.68 Å². The molecular weight excluding hydrogens is 373 g/mol. The Hall–Kier alpha value is -3.69. The van der Waals surface area contributed by atoms with E-state index in [1.54, 1.807) is 10.9 Å². The molecule has 0 aliphatic rings. The number of rotatable bonds is 4. The summed E-state index contributed by atoms with van der Waals surface area (Å²) in [5.74, 6) is -0.240. The maximum Gasteiger partial charge on any atom is 0.417 e. The van der Waals surface area contributed by atoms with Gasteiger partial charge in [0.2, 0.25) is 0 Å². The van der Waals surface area contributed by atoms with Gasteiger partial charge in [-0.2, -0.15) is 18.3 Å². The molecule has 142 valence electrons. The summed E-state index contributed by atoms with van der Waals surface area (Å²) < 4.78 is 41.5. The lowest BCUT2D eigenvalue weighted by Crippen LogP contribution is -2.23. The van der Waals surface area contributed by atoms with E-state index in [2.05, 4.69) is 20.6 Å². The third-order valence-corrected chi connectivity index (χ3v) is 4.07. The number of amides is 1. The van der Waals surface area contributed by atoms with Gasteiger partial charge in [-0.1, -0.05) is 18.2 Å². The molecule has 0 spiro atoms. The number of hydrogen-bond donors (Lipinski definition) is 1. The maximum absolute atomic E-state index is 12.9. The largest absolute Gasteiger partial charge is 0.417 e. The van der Waals surface area contributed by atoms with Crippen LogP contribution in [0.15, 0.2) is 61.1 Å². The summed E-state index contributed by atoms with van der Waals surface area (Å²) in [6.45, 7) is -0.0855. The number of benzene rings is 1. The second-order valence-corrected chi connectivity index (χ2v) is 5.95. The Morgan fingerprint density at radius 2 is 1.82 bits per heavy atom. The molecule has 10 heteroatoms. The fourth-order valence-electron chi connectivity index (χ4n) is 2.65. The van der Waals surface area contributed by atoms with Gasteiger partial charge in [-0.05, 0) is 24.3 Å². The van der Waals surface area contributed by atoms with Gasteiger partial charge in [0.25, 0.3) is 5.91 Å². The zero-order chi connectivity index (χ0) is 19.7. The average Bonchev–Trinajstić information content (AvgIpc) is 3.33. The summed E-state index contributed by atoms with van der Waals surface area (Å²) >= 11 is 0. The number of pyridine rings is 1. The SMILES string of the molecule is O=C(NCc1nnc2ccc(C(F)(F)F)cn12)c1cnn(-c2ccccc2)c1. The first kappa shape index (κ1) is 17.7. The van der Waals surface area contributed by atoms with Crippen molar-refractivity contribution < 1.29 is 18.0 Å². The van der Waals surface area contributed by atoms with Crippen LogP contribution in [0, 0.1) is 0 Å². The van der Waals surface area contributed by atoms with Gasteiger partial charge in [0.15, 0.2) is 11.5 Å². The van der Waals surface area contributed by atoms with Crippen molar-refractivity contribution >= 4 is 11.6 Å². The van der Waals surface area contributed by atoms with Crippen LogP contribution in [0.1, 0.15) is 21.7 Å². The lowest BCUT2D eigenvalue weighted by Gasteiger charge is -2.07. The third-order valence-electron chi connectivity index (χ3n) is 4.07. The Morgan fingerprint density at radius 3 is 2.57 bits per heavy atom. The lowest BCUT2D eigenvalue weighted by atomic mass is 10.3. The highest BCUT2D eigenvalue weighted by Gasteiger charge is 2.31. The number of para-hydroxylation sites is 1. The molecule has 0 aliphatic carbocycles. The Balaban J connectivity index is 1.50. The molecular formula is C18H13F3N6O. The number of alkyl halides is 3. The predicted octanol–water partition coefficient (Wildman–Crippen LogP) is 2.86. The van der Waals surface area contributed by atoms with Crippen LogP contribution in [0.5, 0.6) is 0 Å². The van der Waals surface area contributed by atoms with E-state index in [9.17, 15) is 18.0 Å². The highest BCUT2D eigenvalue weighted by molar-refractivity contribution is 5.93. The Labute approximate surface area is 156 Å². The number of nitrogens with zero attached hydrogens (tertiary/aromatic N) is 5. The second-order valence-electron chi connectivity index (χ2n) is 5.95. The molecule has 1 amide bonds. The molecule has 0 aliphatic heterocycles. The monoisotopic (exact) mass is 386 g/mol. The standard InChI is InChI=1S/C18H13F3N6O/c19-18(20,21)13-6-7-15-24-25-16(26(15)11-13)9-22-17(28)12-8-23-27(10-12)14-4-2-1-3-5-14/h1-8,10-11H,9H2,(H,22,28). The van der Waals surface area contributed by atoms with Gasteiger partial charge in [-0.3, -0.25) is 9.20 Å². The summed E-state index contributed by atoms with van der Waals surface area (Å²) in [5, 5.41) is 14.4. The molecule has 4 aromatic rings. The molecule has 3 aromatic heterocycles. The van der Waals surface area contributed by atoms with E-state index in [4.69, 9.17) is 0 Å². The summed E-state index contributed by atoms with van der Waals surface area (Å²) in [6, 6.07) is 11.4. The Bertz CT molecular complexity index is 1130. The molecule has 1 N–H and O–H groups in total. The van der Waals surface area contributed by atoms with Crippen LogP contribution in [-0.4, -0.2) is 30.3 Å². The molecule has 0 bridgehead atoms. The van der Waals surface area contributed by atoms with Crippen LogP contribution in [0.2, 0.25) is 0 Å². The summed E-state index contributed by atoms with van der Waals surface area (Å²) in [4.78, 5) is 12.3. The van der Waals surface area contributed by atoms with Crippen LogP contribution >= 0.6 is 0 Å². The molecule has 0 atom stereocenters. The molecule has 3 heterocycles. The van der Waals surface area contributed by atoms with Crippen molar-refractivity contribution in [1.82, 2.24) is 29.7 Å². The highest BCUT2D eigenvalue weighted by Crippen LogP contribution is 2.29. The Kier molecular flexibility index (Phi) is 4.30. The Morgan fingerprint density at radius 1 is 1.04 bits per heavy atom. The predicted molar refractivity (Wildman–Crippen MR) is 92.7 cm³/mol. The van der Waals surface area contributed by atoms with Gasteiger partial charge in [-0.15, -0.1) is 10.2 Å². The minimum atomic E-state index is -4.48. The van der Waals surface area contributed by atoms with E-state index >= 15 is 0 Å². The third kappa shape index (κ3) is 3.43. The van der Waals surface area contributed by atoms with Crippen molar-refractivity contribution in [2.75, 3.05) is 0 Å². The number of nitrogens with one attached hydrogen (secondary N) is 1. The summed E-state index contributed by atoms with van der Waals surface area (Å²) in [6.07, 6.45) is -0.602. The van der Waals surface area contributed by atoms with Crippen LogP contribution in [0.3, 0.4) is 0 Å². The molecule has 0 fully saturated rings. The van der Waals surface area contributed by atoms with E-state index in [1.807, 2.05) is 30.3 Å². The maximum atomic E-state index is 12.9. The molecule has 0 saturated carbocycles. The molecule has 0 unspecified atom stereocenters. The van der Waals surface area contributed by atoms with Crippen molar-refractivity contribution in [3.63, 3.8) is 0 Å². The molecule has 0 saturated heterocycles. The quantitative estimate of drug-likeness (QED) is 0.585. The molecule has 4 rings (SSSR count). The smallest absolute Gasteiger partial charge is 0.345 e. The van der Waals surface area contributed by atoms with E-state index in [0.29, 0.717) is 5.56 Å². The van der Waals surface area contributed by atoms with Crippen molar-refractivity contribution in [3.05, 3.63) is 78.0 Å². The minimum absolute atomic E-state index is 0.0855. The van der Waals surface area contributed by atoms with Crippen LogP contribution < -0.4 is 5.32 Å². The molecule has 28 heavy (non-hydrogen) atoms. The van der Waals surface area contributed by atoms with Crippen LogP contribution in [0.25, 0.3) is 11.3 Å². The van der Waals surface area contributed by atoms with Gasteiger partial charge in [0, 0.05) is 12.4 Å². The van der Waals surface area contributed by atoms with E-state index in [0.717, 1.165) is 18.0 Å². The van der Waals surface area contributed by atoms with E-state index in [-0.39, 0.29) is 18.0 Å². The zero-order valence-corrected chi connectivity index (χ0v) is 14.3. The minimum Gasteiger partial charge on any atom is -0.345 e. The first-order valence-electron chi connectivity index (χ1n) is 8.21. The van der Waals surface area contributed by atoms with Gasteiger partial charge >= 0.3 is 6.18 Å². The van der Waals surface area contributed by atoms with Gasteiger partial charge in [0.05, 0.1) is 29.6 Å². The van der Waals surface area contributed by atoms with Crippen molar-refractivity contribution in [3.8, 4) is 5.69 Å². The van der Waals surface area contributed by atoms with Crippen LogP contribution in [-0.2, 0) is 12.7 Å². The van der Waals surface area contributed by atoms with Crippen molar-refractivity contribution in [2.45, 2.75) is 12.7 Å². The van der Waals surface area contributed by atoms with Crippen molar-refractivity contribution in [1.29, 1.82) is 0 Å². The second kappa shape index (κ2) is 6.80. The van der Waals surface area contributed by atoms with Crippen LogP contribution in [0.4, 0.5) is 13.2 Å². The average molecular weight is 386 g/mol.